The number of thioether (sulfide) groups is 2. The van der Waals surface area contributed by atoms with Gasteiger partial charge in [0.2, 0.25) is 0 Å². The molecular weight excluding hydrogens is 416 g/mol. The maximum Gasteiger partial charge on any atom is 0.00727 e. The fraction of sp³-hybridized carbons (Fsp3) is 0.625. The lowest BCUT2D eigenvalue weighted by Crippen LogP contribution is -1.84. The minimum atomic E-state index is 1.14. The molecule has 0 unspecified atom stereocenters. The number of unbranched alkanes of at least 4 members (excludes halogenated alkanes) is 4. The molecule has 0 N–H and O–H groups in total. The summed E-state index contributed by atoms with van der Waals surface area (Å²) >= 11 is 10.9. The minimum absolute atomic E-state index is 1.14. The minimum Gasteiger partial charge on any atom is -0.126 e. The van der Waals surface area contributed by atoms with Gasteiger partial charge in [-0.3, -0.25) is 0 Å². The molecule has 1 aromatic carbocycles. The standard InChI is InChI=1S/C16H24Br2S2/c17-11-3-1-5-13-19-15-7-9-16(10-8-15)20-14-6-2-4-12-18/h7-10H,1-6,11-14H2. The molecule has 0 aliphatic carbocycles. The molecule has 20 heavy (non-hydrogen) atoms. The van der Waals surface area contributed by atoms with Gasteiger partial charge in [0.05, 0.1) is 0 Å². The molecule has 1 aromatic rings. The van der Waals surface area contributed by atoms with Gasteiger partial charge in [-0.1, -0.05) is 44.7 Å². The van der Waals surface area contributed by atoms with Gasteiger partial charge in [0.15, 0.2) is 0 Å². The number of halogens is 2. The highest BCUT2D eigenvalue weighted by Crippen LogP contribution is 2.25. The Labute approximate surface area is 149 Å². The Morgan fingerprint density at radius 1 is 0.600 bits per heavy atom. The normalized spacial score (nSPS) is 10.9. The second-order valence-corrected chi connectivity index (χ2v) is 8.59. The van der Waals surface area contributed by atoms with Gasteiger partial charge in [0.25, 0.3) is 0 Å². The Kier molecular flexibility index (Phi) is 12.8. The van der Waals surface area contributed by atoms with Crippen molar-refractivity contribution >= 4 is 55.4 Å². The number of alkyl halides is 2. The van der Waals surface area contributed by atoms with Crippen molar-refractivity contribution in [2.45, 2.75) is 48.3 Å². The van der Waals surface area contributed by atoms with Crippen LogP contribution in [-0.2, 0) is 0 Å². The summed E-state index contributed by atoms with van der Waals surface area (Å²) in [6.07, 6.45) is 7.90. The SMILES string of the molecule is BrCCCCCSc1ccc(SCCCCCBr)cc1. The van der Waals surface area contributed by atoms with E-state index < -0.39 is 0 Å². The molecule has 0 nitrogen and oxygen atoms in total. The zero-order chi connectivity index (χ0) is 14.5. The van der Waals surface area contributed by atoms with E-state index in [2.05, 4.69) is 56.1 Å². The van der Waals surface area contributed by atoms with Crippen molar-refractivity contribution in [1.29, 1.82) is 0 Å². The second-order valence-electron chi connectivity index (χ2n) is 4.67. The molecule has 0 aliphatic rings. The summed E-state index contributed by atoms with van der Waals surface area (Å²) in [7, 11) is 0. The largest absolute Gasteiger partial charge is 0.126 e. The van der Waals surface area contributed by atoms with Crippen molar-refractivity contribution in [2.75, 3.05) is 22.2 Å². The van der Waals surface area contributed by atoms with Crippen molar-refractivity contribution in [3.05, 3.63) is 24.3 Å². The summed E-state index contributed by atoms with van der Waals surface area (Å²) in [5.41, 5.74) is 0. The molecule has 114 valence electrons. The summed E-state index contributed by atoms with van der Waals surface area (Å²) in [6.45, 7) is 0. The summed E-state index contributed by atoms with van der Waals surface area (Å²) in [4.78, 5) is 2.82. The van der Waals surface area contributed by atoms with Crippen molar-refractivity contribution in [3.8, 4) is 0 Å². The number of rotatable bonds is 12. The van der Waals surface area contributed by atoms with Crippen LogP contribution in [0.15, 0.2) is 34.1 Å². The molecule has 0 radical (unpaired) electrons. The van der Waals surface area contributed by atoms with E-state index in [1.54, 1.807) is 0 Å². The Balaban J connectivity index is 2.13. The number of hydrogen-bond donors (Lipinski definition) is 0. The van der Waals surface area contributed by atoms with Gasteiger partial charge in [-0.15, -0.1) is 23.5 Å². The van der Waals surface area contributed by atoms with Crippen LogP contribution >= 0.6 is 55.4 Å². The average molecular weight is 440 g/mol. The molecule has 0 saturated heterocycles. The fourth-order valence-electron chi connectivity index (χ4n) is 1.76. The lowest BCUT2D eigenvalue weighted by atomic mass is 10.3. The predicted octanol–water partition coefficient (Wildman–Crippen LogP) is 7.00. The third kappa shape index (κ3) is 9.75. The number of hydrogen-bond acceptors (Lipinski definition) is 2. The highest BCUT2D eigenvalue weighted by atomic mass is 79.9. The highest BCUT2D eigenvalue weighted by Gasteiger charge is 1.97. The van der Waals surface area contributed by atoms with Crippen LogP contribution in [0, 0.1) is 0 Å². The third-order valence-corrected chi connectivity index (χ3v) is 6.24. The second kappa shape index (κ2) is 13.5. The first kappa shape index (κ1) is 18.9. The highest BCUT2D eigenvalue weighted by molar-refractivity contribution is 9.09. The fourth-order valence-corrected chi connectivity index (χ4v) is 4.38. The smallest absolute Gasteiger partial charge is 0.00727 e. The van der Waals surface area contributed by atoms with Crippen molar-refractivity contribution in [1.82, 2.24) is 0 Å². The molecule has 0 spiro atoms. The maximum atomic E-state index is 3.48. The van der Waals surface area contributed by atoms with E-state index in [0.29, 0.717) is 0 Å². The monoisotopic (exact) mass is 438 g/mol. The molecule has 4 heteroatoms. The molecule has 0 fully saturated rings. The van der Waals surface area contributed by atoms with Gasteiger partial charge < -0.3 is 0 Å². The first-order valence-corrected chi connectivity index (χ1v) is 11.6. The van der Waals surface area contributed by atoms with Gasteiger partial charge in [-0.05, 0) is 61.5 Å². The van der Waals surface area contributed by atoms with Crippen LogP contribution in [0.5, 0.6) is 0 Å². The van der Waals surface area contributed by atoms with E-state index in [0.717, 1.165) is 10.7 Å². The van der Waals surface area contributed by atoms with Gasteiger partial charge in [0, 0.05) is 20.5 Å². The molecule has 0 atom stereocenters. The molecule has 0 saturated carbocycles. The van der Waals surface area contributed by atoms with Gasteiger partial charge >= 0.3 is 0 Å². The summed E-state index contributed by atoms with van der Waals surface area (Å²) in [6, 6.07) is 9.10. The van der Waals surface area contributed by atoms with Crippen molar-refractivity contribution in [3.63, 3.8) is 0 Å². The maximum absolute atomic E-state index is 3.48. The van der Waals surface area contributed by atoms with Gasteiger partial charge in [0.1, 0.15) is 0 Å². The zero-order valence-corrected chi connectivity index (χ0v) is 16.8. The topological polar surface area (TPSA) is 0 Å². The van der Waals surface area contributed by atoms with E-state index in [9.17, 15) is 0 Å². The first-order valence-electron chi connectivity index (χ1n) is 7.34. The summed E-state index contributed by atoms with van der Waals surface area (Å²) in [5.74, 6) is 2.48. The lowest BCUT2D eigenvalue weighted by molar-refractivity contribution is 0.788. The third-order valence-electron chi connectivity index (χ3n) is 2.92. The molecule has 0 heterocycles. The van der Waals surface area contributed by atoms with E-state index in [4.69, 9.17) is 0 Å². The molecular formula is C16H24Br2S2. The summed E-state index contributed by atoms with van der Waals surface area (Å²) in [5, 5.41) is 2.28. The molecule has 1 rings (SSSR count). The Bertz CT molecular complexity index is 295. The molecule has 0 amide bonds. The van der Waals surface area contributed by atoms with E-state index in [1.165, 1.54) is 59.8 Å². The van der Waals surface area contributed by atoms with Crippen LogP contribution in [-0.4, -0.2) is 22.2 Å². The molecule has 0 bridgehead atoms. The van der Waals surface area contributed by atoms with Crippen LogP contribution in [0.1, 0.15) is 38.5 Å². The average Bonchev–Trinajstić information content (AvgIpc) is 2.48. The van der Waals surface area contributed by atoms with E-state index in [1.807, 2.05) is 23.5 Å². The van der Waals surface area contributed by atoms with Crippen LogP contribution in [0.3, 0.4) is 0 Å². The molecule has 0 aliphatic heterocycles. The quantitative estimate of drug-likeness (QED) is 0.195. The first-order chi connectivity index (χ1) is 9.86. The Morgan fingerprint density at radius 2 is 1.00 bits per heavy atom. The van der Waals surface area contributed by atoms with Gasteiger partial charge in [-0.25, -0.2) is 0 Å². The van der Waals surface area contributed by atoms with Crippen LogP contribution in [0.4, 0.5) is 0 Å². The molecule has 0 aromatic heterocycles. The lowest BCUT2D eigenvalue weighted by Gasteiger charge is -2.04. The van der Waals surface area contributed by atoms with Crippen LogP contribution in [0.2, 0.25) is 0 Å². The van der Waals surface area contributed by atoms with Crippen LogP contribution < -0.4 is 0 Å². The number of benzene rings is 1. The van der Waals surface area contributed by atoms with Crippen LogP contribution in [0.25, 0.3) is 0 Å². The van der Waals surface area contributed by atoms with Gasteiger partial charge in [-0.2, -0.15) is 0 Å². The van der Waals surface area contributed by atoms with Crippen molar-refractivity contribution in [2.24, 2.45) is 0 Å². The Morgan fingerprint density at radius 3 is 1.35 bits per heavy atom. The van der Waals surface area contributed by atoms with E-state index in [-0.39, 0.29) is 0 Å². The van der Waals surface area contributed by atoms with Crippen molar-refractivity contribution < 1.29 is 0 Å². The van der Waals surface area contributed by atoms with E-state index >= 15 is 0 Å². The predicted molar refractivity (Wildman–Crippen MR) is 103 cm³/mol. The zero-order valence-electron chi connectivity index (χ0n) is 12.0. The Hall–Kier alpha value is 0.880. The summed E-state index contributed by atoms with van der Waals surface area (Å²) < 4.78 is 0.